The van der Waals surface area contributed by atoms with E-state index in [-0.39, 0.29) is 74.5 Å². The predicted molar refractivity (Wildman–Crippen MR) is 127 cm³/mol. The molecule has 1 radical (unpaired) electrons. The molecule has 5 aromatic rings. The molecular formula is C25H16CrN4NaO7S. The summed E-state index contributed by atoms with van der Waals surface area (Å²) in [5.74, 6) is -0.234. The summed E-state index contributed by atoms with van der Waals surface area (Å²) in [6.45, 7) is -0.500. The molecule has 191 valence electrons. The Bertz CT molecular complexity index is 1680. The Morgan fingerprint density at radius 3 is 2.03 bits per heavy atom. The maximum absolute atomic E-state index is 11.7. The van der Waals surface area contributed by atoms with E-state index in [0.717, 1.165) is 11.5 Å². The van der Waals surface area contributed by atoms with E-state index >= 15 is 0 Å². The van der Waals surface area contributed by atoms with Gasteiger partial charge in [-0.05, 0) is 47.9 Å². The normalized spacial score (nSPS) is 10.3. The Morgan fingerprint density at radius 2 is 1.36 bits per heavy atom. The summed E-state index contributed by atoms with van der Waals surface area (Å²) < 4.78 is 33.0. The Balaban J connectivity index is 0.000000399. The number of benzene rings is 3. The second kappa shape index (κ2) is 15.9. The molecule has 0 fully saturated rings. The largest absolute Gasteiger partial charge is 3.00 e. The fourth-order valence-corrected chi connectivity index (χ4v) is 3.62. The van der Waals surface area contributed by atoms with Crippen molar-refractivity contribution in [3.05, 3.63) is 91.3 Å². The first-order valence-electron chi connectivity index (χ1n) is 10.3. The maximum atomic E-state index is 11.7. The molecule has 11 nitrogen and oxygen atoms in total. The Kier molecular flexibility index (Phi) is 13.7. The zero-order valence-electron chi connectivity index (χ0n) is 20.2. The number of nitrogens with zero attached hydrogens (tertiary/aromatic N) is 4. The van der Waals surface area contributed by atoms with Crippen LogP contribution >= 0.6 is 0 Å². The second-order valence-corrected chi connectivity index (χ2v) is 8.44. The van der Waals surface area contributed by atoms with Gasteiger partial charge < -0.3 is 24.7 Å². The number of fused-ring (bicyclic) bond motifs is 2. The number of carbonyl (C=O) groups is 1. The Hall–Kier alpha value is -3.41. The van der Waals surface area contributed by atoms with E-state index in [9.17, 15) is 23.2 Å². The van der Waals surface area contributed by atoms with Crippen LogP contribution < -0.4 is 44.9 Å². The molecule has 0 spiro atoms. The summed E-state index contributed by atoms with van der Waals surface area (Å²) in [5.41, 5.74) is 1.46. The van der Waals surface area contributed by atoms with E-state index < -0.39 is 16.6 Å². The molecule has 0 aliphatic rings. The van der Waals surface area contributed by atoms with Crippen molar-refractivity contribution in [1.29, 1.82) is 0 Å². The van der Waals surface area contributed by atoms with E-state index in [0.29, 0.717) is 16.6 Å². The SMILES string of the molecule is O=C[O-].O=S(=O)([O-])c1cccc(N=Nc2ccc([O-])c3ncccc23)c1.[Cr+3].[Na+].[O-]c1cccc2cccnc12. The number of pyridine rings is 2. The predicted octanol–water partition coefficient (Wildman–Crippen LogP) is -0.696. The van der Waals surface area contributed by atoms with E-state index in [1.165, 1.54) is 42.6 Å². The van der Waals surface area contributed by atoms with Crippen LogP contribution in [0.3, 0.4) is 0 Å². The van der Waals surface area contributed by atoms with Crippen molar-refractivity contribution in [1.82, 2.24) is 9.97 Å². The molecular weight excluding hydrogens is 575 g/mol. The monoisotopic (exact) mass is 591 g/mol. The van der Waals surface area contributed by atoms with Gasteiger partial charge in [0.15, 0.2) is 0 Å². The van der Waals surface area contributed by atoms with Crippen molar-refractivity contribution < 1.29 is 80.0 Å². The zero-order valence-corrected chi connectivity index (χ0v) is 24.3. The van der Waals surface area contributed by atoms with Gasteiger partial charge in [0.1, 0.15) is 10.1 Å². The van der Waals surface area contributed by atoms with Gasteiger partial charge in [-0.1, -0.05) is 47.9 Å². The van der Waals surface area contributed by atoms with Crippen LogP contribution in [0.4, 0.5) is 11.4 Å². The second-order valence-electron chi connectivity index (χ2n) is 7.06. The number of hydrogen-bond donors (Lipinski definition) is 0. The molecule has 3 aromatic carbocycles. The summed E-state index contributed by atoms with van der Waals surface area (Å²) in [7, 11) is -4.55. The molecule has 0 saturated carbocycles. The summed E-state index contributed by atoms with van der Waals surface area (Å²) >= 11 is 0. The molecule has 0 bridgehead atoms. The summed E-state index contributed by atoms with van der Waals surface area (Å²) in [5, 5.41) is 40.5. The minimum absolute atomic E-state index is 0. The van der Waals surface area contributed by atoms with Crippen LogP contribution in [0, 0.1) is 0 Å². The molecule has 0 saturated heterocycles. The zero-order chi connectivity index (χ0) is 26.8. The van der Waals surface area contributed by atoms with Crippen LogP contribution in [0.1, 0.15) is 0 Å². The van der Waals surface area contributed by atoms with Gasteiger partial charge in [0.2, 0.25) is 0 Å². The number of aromatic nitrogens is 2. The first kappa shape index (κ1) is 33.6. The quantitative estimate of drug-likeness (QED) is 0.113. The molecule has 0 atom stereocenters. The van der Waals surface area contributed by atoms with Crippen molar-refractivity contribution in [3.8, 4) is 11.5 Å². The van der Waals surface area contributed by atoms with E-state index in [1.54, 1.807) is 24.4 Å². The Labute approximate surface area is 256 Å². The summed E-state index contributed by atoms with van der Waals surface area (Å²) in [4.78, 5) is 15.8. The van der Waals surface area contributed by atoms with Crippen LogP contribution in [0.15, 0.2) is 106 Å². The van der Waals surface area contributed by atoms with Gasteiger partial charge >= 0.3 is 46.9 Å². The molecule has 0 aliphatic carbocycles. The minimum Gasteiger partial charge on any atom is -0.871 e. The third-order valence-electron chi connectivity index (χ3n) is 4.68. The van der Waals surface area contributed by atoms with Crippen LogP contribution in [-0.4, -0.2) is 29.4 Å². The van der Waals surface area contributed by atoms with Gasteiger partial charge in [-0.15, -0.1) is 5.11 Å². The number of para-hydroxylation sites is 1. The van der Waals surface area contributed by atoms with Crippen LogP contribution in [-0.2, 0) is 32.3 Å². The number of azo groups is 1. The first-order valence-corrected chi connectivity index (χ1v) is 11.7. The average Bonchev–Trinajstić information content (AvgIpc) is 2.89. The molecule has 0 N–H and O–H groups in total. The number of hydrogen-bond acceptors (Lipinski definition) is 11. The van der Waals surface area contributed by atoms with Gasteiger partial charge in [0.05, 0.1) is 27.3 Å². The molecule has 0 aliphatic heterocycles. The van der Waals surface area contributed by atoms with Crippen molar-refractivity contribution in [2.75, 3.05) is 0 Å². The van der Waals surface area contributed by atoms with E-state index in [4.69, 9.17) is 9.90 Å². The Morgan fingerprint density at radius 1 is 0.769 bits per heavy atom. The number of carboxylic acid groups (broad SMARTS) is 1. The summed E-state index contributed by atoms with van der Waals surface area (Å²) in [6, 6.07) is 20.3. The fourth-order valence-electron chi connectivity index (χ4n) is 3.11. The van der Waals surface area contributed by atoms with E-state index in [1.807, 2.05) is 18.2 Å². The van der Waals surface area contributed by atoms with Crippen LogP contribution in [0.5, 0.6) is 11.5 Å². The molecule has 39 heavy (non-hydrogen) atoms. The summed E-state index contributed by atoms with van der Waals surface area (Å²) in [6.07, 6.45) is 3.14. The van der Waals surface area contributed by atoms with Gasteiger partial charge in [-0.25, -0.2) is 8.42 Å². The van der Waals surface area contributed by atoms with E-state index in [2.05, 4.69) is 20.2 Å². The van der Waals surface area contributed by atoms with Crippen molar-refractivity contribution >= 4 is 49.8 Å². The standard InChI is InChI=1S/C15H11N3O4S.C9H7NO.CH2O2.Cr.Na/c19-14-7-6-13(12-5-2-8-16-15(12)14)18-17-10-3-1-4-11(9-10)23(20,21)22;11-8-5-1-3-7-4-2-6-10-9(7)8;2-1-3;;/h1-9,19H,(H,20,21,22);1-6,11H;1H,(H,2,3);;/q;;;+3;+1/p-4. The molecule has 0 amide bonds. The molecule has 2 aromatic heterocycles. The van der Waals surface area contributed by atoms with Gasteiger partial charge in [-0.3, -0.25) is 9.97 Å². The first-order chi connectivity index (χ1) is 17.7. The average molecular weight is 591 g/mol. The van der Waals surface area contributed by atoms with Crippen molar-refractivity contribution in [2.24, 2.45) is 10.2 Å². The van der Waals surface area contributed by atoms with Crippen molar-refractivity contribution in [2.45, 2.75) is 4.90 Å². The fraction of sp³-hybridized carbons (Fsp3) is 0. The van der Waals surface area contributed by atoms with Crippen molar-refractivity contribution in [3.63, 3.8) is 0 Å². The smallest absolute Gasteiger partial charge is 0.871 e. The number of rotatable bonds is 3. The number of carbonyl (C=O) groups excluding carboxylic acids is 1. The maximum Gasteiger partial charge on any atom is 3.00 e. The molecule has 0 unspecified atom stereocenters. The van der Waals surface area contributed by atoms with Gasteiger partial charge in [-0.2, -0.15) is 5.11 Å². The molecule has 14 heteroatoms. The third-order valence-corrected chi connectivity index (χ3v) is 5.52. The third kappa shape index (κ3) is 9.38. The van der Waals surface area contributed by atoms with Gasteiger partial charge in [0.25, 0.3) is 0 Å². The van der Waals surface area contributed by atoms with Gasteiger partial charge in [0, 0.05) is 24.3 Å². The minimum atomic E-state index is -4.55. The topological polar surface area (TPSA) is 194 Å². The molecule has 5 rings (SSSR count). The van der Waals surface area contributed by atoms with Crippen LogP contribution in [0.2, 0.25) is 0 Å². The van der Waals surface area contributed by atoms with Crippen LogP contribution in [0.25, 0.3) is 21.8 Å². The molecule has 2 heterocycles.